The molecule has 0 saturated carbocycles. The lowest BCUT2D eigenvalue weighted by Gasteiger charge is -2.44. The van der Waals surface area contributed by atoms with Gasteiger partial charge in [-0.15, -0.1) is 0 Å². The van der Waals surface area contributed by atoms with Gasteiger partial charge in [-0.2, -0.15) is 0 Å². The minimum atomic E-state index is -1.16. The Balaban J connectivity index is 4.56. The van der Waals surface area contributed by atoms with Gasteiger partial charge in [-0.3, -0.25) is 0 Å². The predicted molar refractivity (Wildman–Crippen MR) is 71.1 cm³/mol. The molecule has 0 aromatic carbocycles. The molecule has 0 bridgehead atoms. The summed E-state index contributed by atoms with van der Waals surface area (Å²) in [5.41, 5.74) is 0.472. The number of hydrogen-bond acceptors (Lipinski definition) is 2. The molecule has 0 saturated heterocycles. The van der Waals surface area contributed by atoms with E-state index in [4.69, 9.17) is 0 Å². The molecule has 86 valence electrons. The van der Waals surface area contributed by atoms with Gasteiger partial charge in [-0.25, -0.2) is 0 Å². The summed E-state index contributed by atoms with van der Waals surface area (Å²) < 4.78 is 4.91. The molecule has 0 aliphatic rings. The summed E-state index contributed by atoms with van der Waals surface area (Å²) in [6.07, 6.45) is 0. The third kappa shape index (κ3) is 4.01. The summed E-state index contributed by atoms with van der Waals surface area (Å²) in [6.45, 7) is 13.5. The van der Waals surface area contributed by atoms with E-state index in [0.29, 0.717) is 0 Å². The number of rotatable bonds is 2. The maximum Gasteiger partial charge on any atom is 0.264 e. The second-order valence-corrected chi connectivity index (χ2v) is 10.5. The molecule has 0 amide bonds. The first-order valence-electron chi connectivity index (χ1n) is 5.08. The molecular weight excluding hydrogens is 256 g/mol. The fourth-order valence-electron chi connectivity index (χ4n) is 0.899. The van der Waals surface area contributed by atoms with Crippen LogP contribution in [0.4, 0.5) is 0 Å². The van der Waals surface area contributed by atoms with Crippen LogP contribution in [0.25, 0.3) is 0 Å². The number of hydrogen-bond donors (Lipinski definition) is 0. The topological polar surface area (TPSA) is 6.48 Å². The molecule has 0 radical (unpaired) electrons. The fourth-order valence-corrected chi connectivity index (χ4v) is 6.38. The minimum Gasteiger partial charge on any atom is -0.304 e. The summed E-state index contributed by atoms with van der Waals surface area (Å²) in [4.78, 5) is 0. The Labute approximate surface area is 99.0 Å². The average molecular weight is 281 g/mol. The van der Waals surface area contributed by atoms with Gasteiger partial charge >= 0.3 is 0 Å². The van der Waals surface area contributed by atoms with Crippen LogP contribution >= 0.6 is 15.3 Å². The van der Waals surface area contributed by atoms with Crippen LogP contribution in [0.5, 0.6) is 0 Å². The largest absolute Gasteiger partial charge is 0.304 e. The summed E-state index contributed by atoms with van der Waals surface area (Å²) in [5, 5.41) is 0. The van der Waals surface area contributed by atoms with Crippen LogP contribution in [-0.4, -0.2) is 42.0 Å². The van der Waals surface area contributed by atoms with Crippen LogP contribution < -0.4 is 0 Å². The van der Waals surface area contributed by atoms with Crippen LogP contribution in [0.15, 0.2) is 0 Å². The first-order chi connectivity index (χ1) is 5.98. The Morgan fingerprint density at radius 1 is 0.786 bits per heavy atom. The molecular formula is C10H25BrN2Si. The third-order valence-electron chi connectivity index (χ3n) is 2.76. The zero-order chi connectivity index (χ0) is 11.7. The van der Waals surface area contributed by atoms with Crippen molar-refractivity contribution in [2.45, 2.75) is 52.6 Å². The SMILES string of the molecule is CN([SiH](Br)N(C)C(C)(C)C)C(C)(C)C. The van der Waals surface area contributed by atoms with Crippen molar-refractivity contribution < 1.29 is 0 Å². The van der Waals surface area contributed by atoms with Crippen LogP contribution in [0.2, 0.25) is 0 Å². The van der Waals surface area contributed by atoms with Gasteiger partial charge in [-0.1, -0.05) is 15.3 Å². The number of nitrogens with zero attached hydrogens (tertiary/aromatic N) is 2. The summed E-state index contributed by atoms with van der Waals surface area (Å²) in [6, 6.07) is 0. The van der Waals surface area contributed by atoms with Gasteiger partial charge in [0.25, 0.3) is 7.74 Å². The van der Waals surface area contributed by atoms with E-state index in [1.54, 1.807) is 0 Å². The second kappa shape index (κ2) is 4.64. The highest BCUT2D eigenvalue weighted by Gasteiger charge is 2.32. The maximum atomic E-state index is 3.87. The van der Waals surface area contributed by atoms with Crippen molar-refractivity contribution in [1.29, 1.82) is 0 Å². The Morgan fingerprint density at radius 3 is 1.14 bits per heavy atom. The van der Waals surface area contributed by atoms with Gasteiger partial charge in [-0.05, 0) is 55.6 Å². The Kier molecular flexibility index (Phi) is 4.84. The molecule has 4 heteroatoms. The molecule has 2 nitrogen and oxygen atoms in total. The fraction of sp³-hybridized carbons (Fsp3) is 1.00. The molecule has 0 aromatic rings. The monoisotopic (exact) mass is 280 g/mol. The maximum absolute atomic E-state index is 3.87. The van der Waals surface area contributed by atoms with E-state index in [0.717, 1.165) is 0 Å². The molecule has 0 N–H and O–H groups in total. The molecule has 0 atom stereocenters. The molecule has 0 unspecified atom stereocenters. The van der Waals surface area contributed by atoms with E-state index in [1.165, 1.54) is 0 Å². The van der Waals surface area contributed by atoms with Gasteiger partial charge in [0, 0.05) is 11.1 Å². The van der Waals surface area contributed by atoms with Crippen LogP contribution in [-0.2, 0) is 0 Å². The zero-order valence-corrected chi connectivity index (χ0v) is 13.6. The van der Waals surface area contributed by atoms with E-state index < -0.39 is 7.74 Å². The van der Waals surface area contributed by atoms with Gasteiger partial charge < -0.3 is 9.13 Å². The van der Waals surface area contributed by atoms with E-state index in [2.05, 4.69) is 80.1 Å². The van der Waals surface area contributed by atoms with Crippen molar-refractivity contribution >= 4 is 23.0 Å². The predicted octanol–water partition coefficient (Wildman–Crippen LogP) is 2.56. The molecule has 0 rings (SSSR count). The van der Waals surface area contributed by atoms with Crippen molar-refractivity contribution in [1.82, 2.24) is 9.13 Å². The van der Waals surface area contributed by atoms with Crippen molar-refractivity contribution in [3.05, 3.63) is 0 Å². The van der Waals surface area contributed by atoms with E-state index in [1.807, 2.05) is 0 Å². The lowest BCUT2D eigenvalue weighted by Crippen LogP contribution is -2.58. The minimum absolute atomic E-state index is 0.236. The first-order valence-corrected chi connectivity index (χ1v) is 9.29. The highest BCUT2D eigenvalue weighted by atomic mass is 79.9. The van der Waals surface area contributed by atoms with Gasteiger partial charge in [0.2, 0.25) is 0 Å². The quantitative estimate of drug-likeness (QED) is 0.567. The normalized spacial score (nSPS) is 14.6. The van der Waals surface area contributed by atoms with Crippen LogP contribution in [0.1, 0.15) is 41.5 Å². The average Bonchev–Trinajstić information content (AvgIpc) is 1.97. The Hall–Kier alpha value is 0.617. The van der Waals surface area contributed by atoms with Crippen molar-refractivity contribution in [3.63, 3.8) is 0 Å². The van der Waals surface area contributed by atoms with E-state index in [9.17, 15) is 0 Å². The smallest absolute Gasteiger partial charge is 0.264 e. The van der Waals surface area contributed by atoms with Crippen LogP contribution in [0.3, 0.4) is 0 Å². The molecule has 0 spiro atoms. The standard InChI is InChI=1S/C10H25BrN2Si/c1-9(2,3)12(7)14(11)13(8)10(4,5)6/h14H,1-8H3. The van der Waals surface area contributed by atoms with Crippen molar-refractivity contribution in [3.8, 4) is 0 Å². The molecule has 0 aliphatic carbocycles. The first kappa shape index (κ1) is 14.6. The summed E-state index contributed by atoms with van der Waals surface area (Å²) in [5.74, 6) is 0. The molecule has 0 aliphatic heterocycles. The van der Waals surface area contributed by atoms with Crippen molar-refractivity contribution in [2.75, 3.05) is 14.1 Å². The van der Waals surface area contributed by atoms with E-state index in [-0.39, 0.29) is 11.1 Å². The molecule has 0 fully saturated rings. The summed E-state index contributed by atoms with van der Waals surface area (Å²) >= 11 is 3.87. The zero-order valence-electron chi connectivity index (χ0n) is 10.8. The van der Waals surface area contributed by atoms with Crippen LogP contribution in [0, 0.1) is 0 Å². The number of halogens is 1. The Bertz CT molecular complexity index is 164. The van der Waals surface area contributed by atoms with Gasteiger partial charge in [0.15, 0.2) is 0 Å². The lowest BCUT2D eigenvalue weighted by molar-refractivity contribution is 0.230. The Morgan fingerprint density at radius 2 is 1.00 bits per heavy atom. The highest BCUT2D eigenvalue weighted by molar-refractivity contribution is 9.24. The molecule has 0 heterocycles. The lowest BCUT2D eigenvalue weighted by atomic mass is 10.1. The van der Waals surface area contributed by atoms with E-state index >= 15 is 0 Å². The highest BCUT2D eigenvalue weighted by Crippen LogP contribution is 2.22. The van der Waals surface area contributed by atoms with Gasteiger partial charge in [0.05, 0.1) is 0 Å². The van der Waals surface area contributed by atoms with Crippen molar-refractivity contribution in [2.24, 2.45) is 0 Å². The van der Waals surface area contributed by atoms with Gasteiger partial charge in [0.1, 0.15) is 0 Å². The third-order valence-corrected chi connectivity index (χ3v) is 9.27. The summed E-state index contributed by atoms with van der Waals surface area (Å²) in [7, 11) is 3.24. The second-order valence-electron chi connectivity index (χ2n) is 5.87. The molecule has 14 heavy (non-hydrogen) atoms. The molecule has 0 aromatic heterocycles.